The Morgan fingerprint density at radius 2 is 1.49 bits per heavy atom. The SMILES string of the molecule is O=C(NC1(c2ccccc2)CC1)c1ccc(C2(N(Cc3ccccn3)S(=O)(=O)c3ccc(Cl)cc3)CC2)cc1. The van der Waals surface area contributed by atoms with Crippen LogP contribution in [-0.4, -0.2) is 23.6 Å². The van der Waals surface area contributed by atoms with E-state index in [1.54, 1.807) is 34.8 Å². The number of aromatic nitrogens is 1. The van der Waals surface area contributed by atoms with Crippen molar-refractivity contribution in [1.82, 2.24) is 14.6 Å². The zero-order valence-corrected chi connectivity index (χ0v) is 22.8. The molecule has 39 heavy (non-hydrogen) atoms. The van der Waals surface area contributed by atoms with E-state index in [-0.39, 0.29) is 22.9 Å². The van der Waals surface area contributed by atoms with E-state index in [0.29, 0.717) is 29.1 Å². The van der Waals surface area contributed by atoms with Crippen molar-refractivity contribution in [2.75, 3.05) is 0 Å². The van der Waals surface area contributed by atoms with Crippen LogP contribution in [0.15, 0.2) is 108 Å². The van der Waals surface area contributed by atoms with Gasteiger partial charge in [0.05, 0.1) is 28.2 Å². The Hall–Kier alpha value is -3.52. The second kappa shape index (κ2) is 9.90. The maximum Gasteiger partial charge on any atom is 0.251 e. The van der Waals surface area contributed by atoms with Gasteiger partial charge in [-0.3, -0.25) is 9.78 Å². The highest BCUT2D eigenvalue weighted by Gasteiger charge is 2.54. The highest BCUT2D eigenvalue weighted by molar-refractivity contribution is 7.89. The van der Waals surface area contributed by atoms with Crippen LogP contribution in [0.2, 0.25) is 5.02 Å². The average Bonchev–Trinajstić information content (AvgIpc) is 3.90. The third-order valence-electron chi connectivity index (χ3n) is 7.75. The molecule has 2 saturated carbocycles. The van der Waals surface area contributed by atoms with Gasteiger partial charge in [0.1, 0.15) is 0 Å². The Labute approximate surface area is 233 Å². The summed E-state index contributed by atoms with van der Waals surface area (Å²) in [7, 11) is -3.88. The van der Waals surface area contributed by atoms with Crippen molar-refractivity contribution < 1.29 is 13.2 Å². The van der Waals surface area contributed by atoms with Crippen LogP contribution in [0, 0.1) is 0 Å². The number of amides is 1. The lowest BCUT2D eigenvalue weighted by molar-refractivity contribution is 0.0930. The number of hydrogen-bond acceptors (Lipinski definition) is 4. The molecule has 2 aliphatic rings. The van der Waals surface area contributed by atoms with Crippen molar-refractivity contribution in [2.45, 2.75) is 48.2 Å². The van der Waals surface area contributed by atoms with E-state index in [2.05, 4.69) is 10.3 Å². The molecule has 3 aromatic carbocycles. The molecule has 198 valence electrons. The van der Waals surface area contributed by atoms with Crippen LogP contribution in [0.1, 0.15) is 52.9 Å². The number of nitrogens with one attached hydrogen (secondary N) is 1. The standard InChI is InChI=1S/C31H28ClN3O3S/c32-26-13-15-28(16-14-26)39(37,38)35(22-27-8-4-5-21-33-27)31(19-20-31)25-11-9-23(10-12-25)29(36)34-30(17-18-30)24-6-2-1-3-7-24/h1-16,21H,17-20,22H2,(H,34,36). The molecule has 0 saturated heterocycles. The molecule has 1 N–H and O–H groups in total. The Balaban J connectivity index is 1.29. The van der Waals surface area contributed by atoms with Gasteiger partial charge in [-0.1, -0.05) is 60.1 Å². The third-order valence-corrected chi connectivity index (χ3v) is 9.93. The van der Waals surface area contributed by atoms with Gasteiger partial charge >= 0.3 is 0 Å². The zero-order chi connectivity index (χ0) is 27.1. The molecule has 0 atom stereocenters. The molecule has 4 aromatic rings. The minimum atomic E-state index is -3.88. The van der Waals surface area contributed by atoms with Gasteiger partial charge < -0.3 is 5.32 Å². The number of pyridine rings is 1. The number of rotatable bonds is 9. The fraction of sp³-hybridized carbons (Fsp3) is 0.226. The highest BCUT2D eigenvalue weighted by atomic mass is 35.5. The lowest BCUT2D eigenvalue weighted by Gasteiger charge is -2.31. The van der Waals surface area contributed by atoms with Crippen LogP contribution in [0.3, 0.4) is 0 Å². The smallest absolute Gasteiger partial charge is 0.251 e. The summed E-state index contributed by atoms with van der Waals surface area (Å²) >= 11 is 6.04. The summed E-state index contributed by atoms with van der Waals surface area (Å²) in [6.45, 7) is 0.133. The topological polar surface area (TPSA) is 79.4 Å². The van der Waals surface area contributed by atoms with Gasteiger partial charge in [-0.2, -0.15) is 4.31 Å². The molecule has 8 heteroatoms. The van der Waals surface area contributed by atoms with Gasteiger partial charge in [0.2, 0.25) is 10.0 Å². The van der Waals surface area contributed by atoms with Crippen molar-refractivity contribution >= 4 is 27.5 Å². The maximum absolute atomic E-state index is 14.0. The van der Waals surface area contributed by atoms with Crippen molar-refractivity contribution in [3.8, 4) is 0 Å². The minimum absolute atomic E-state index is 0.133. The number of benzene rings is 3. The Kier molecular flexibility index (Phi) is 6.53. The molecule has 0 unspecified atom stereocenters. The number of carbonyl (C=O) groups excluding carboxylic acids is 1. The van der Waals surface area contributed by atoms with Gasteiger partial charge in [0.25, 0.3) is 5.91 Å². The molecule has 6 nitrogen and oxygen atoms in total. The molecule has 6 rings (SSSR count). The first-order valence-corrected chi connectivity index (χ1v) is 14.8. The average molecular weight is 558 g/mol. The van der Waals surface area contributed by atoms with Crippen LogP contribution in [0.25, 0.3) is 0 Å². The molecule has 0 spiro atoms. The summed E-state index contributed by atoms with van der Waals surface area (Å²) in [5.41, 5.74) is 2.16. The first kappa shape index (κ1) is 25.7. The fourth-order valence-electron chi connectivity index (χ4n) is 5.23. The highest BCUT2D eigenvalue weighted by Crippen LogP contribution is 2.53. The van der Waals surface area contributed by atoms with Crippen LogP contribution in [0.5, 0.6) is 0 Å². The monoisotopic (exact) mass is 557 g/mol. The van der Waals surface area contributed by atoms with Crippen molar-refractivity contribution in [2.24, 2.45) is 0 Å². The largest absolute Gasteiger partial charge is 0.343 e. The molecule has 1 heterocycles. The molecule has 1 aromatic heterocycles. The predicted molar refractivity (Wildman–Crippen MR) is 151 cm³/mol. The maximum atomic E-state index is 14.0. The quantitative estimate of drug-likeness (QED) is 0.272. The molecular formula is C31H28ClN3O3S. The van der Waals surface area contributed by atoms with E-state index in [4.69, 9.17) is 11.6 Å². The Morgan fingerprint density at radius 3 is 2.08 bits per heavy atom. The number of sulfonamides is 1. The molecule has 2 aliphatic carbocycles. The first-order chi connectivity index (χ1) is 18.8. The second-order valence-corrected chi connectivity index (χ2v) is 12.6. The van der Waals surface area contributed by atoms with Gasteiger partial charge in [0, 0.05) is 16.8 Å². The van der Waals surface area contributed by atoms with Gasteiger partial charge in [-0.05, 0) is 85.3 Å². The lowest BCUT2D eigenvalue weighted by atomic mass is 10.0. The third kappa shape index (κ3) is 4.98. The van der Waals surface area contributed by atoms with E-state index in [0.717, 1.165) is 24.0 Å². The molecule has 2 fully saturated rings. The number of carbonyl (C=O) groups is 1. The predicted octanol–water partition coefficient (Wildman–Crippen LogP) is 6.03. The van der Waals surface area contributed by atoms with E-state index in [1.807, 2.05) is 60.7 Å². The number of halogens is 1. The second-order valence-electron chi connectivity index (χ2n) is 10.3. The molecule has 1 amide bonds. The van der Waals surface area contributed by atoms with Crippen LogP contribution < -0.4 is 5.32 Å². The van der Waals surface area contributed by atoms with Crippen LogP contribution in [0.4, 0.5) is 0 Å². The van der Waals surface area contributed by atoms with Crippen LogP contribution >= 0.6 is 11.6 Å². The van der Waals surface area contributed by atoms with E-state index in [9.17, 15) is 13.2 Å². The summed E-state index contributed by atoms with van der Waals surface area (Å²) in [6.07, 6.45) is 4.84. The Morgan fingerprint density at radius 1 is 0.821 bits per heavy atom. The van der Waals surface area contributed by atoms with E-state index in [1.165, 1.54) is 12.1 Å². The van der Waals surface area contributed by atoms with E-state index >= 15 is 0 Å². The Bertz CT molecular complexity index is 1580. The van der Waals surface area contributed by atoms with Crippen molar-refractivity contribution in [3.63, 3.8) is 0 Å². The summed E-state index contributed by atoms with van der Waals surface area (Å²) in [5.74, 6) is -0.133. The normalized spacial score (nSPS) is 17.0. The molecule has 0 radical (unpaired) electrons. The summed E-state index contributed by atoms with van der Waals surface area (Å²) < 4.78 is 29.5. The van der Waals surface area contributed by atoms with Crippen molar-refractivity contribution in [3.05, 3.63) is 131 Å². The van der Waals surface area contributed by atoms with Gasteiger partial charge in [-0.15, -0.1) is 0 Å². The van der Waals surface area contributed by atoms with Crippen molar-refractivity contribution in [1.29, 1.82) is 0 Å². The number of nitrogens with zero attached hydrogens (tertiary/aromatic N) is 2. The zero-order valence-electron chi connectivity index (χ0n) is 21.3. The fourth-order valence-corrected chi connectivity index (χ4v) is 7.14. The minimum Gasteiger partial charge on any atom is -0.343 e. The molecular weight excluding hydrogens is 530 g/mol. The van der Waals surface area contributed by atoms with Gasteiger partial charge in [-0.25, -0.2) is 8.42 Å². The summed E-state index contributed by atoms with van der Waals surface area (Å²) in [5, 5.41) is 3.69. The lowest BCUT2D eigenvalue weighted by Crippen LogP contribution is -2.40. The summed E-state index contributed by atoms with van der Waals surface area (Å²) in [4.78, 5) is 17.7. The molecule has 0 aliphatic heterocycles. The number of hydrogen-bond donors (Lipinski definition) is 1. The molecule has 0 bridgehead atoms. The van der Waals surface area contributed by atoms with Gasteiger partial charge in [0.15, 0.2) is 0 Å². The first-order valence-electron chi connectivity index (χ1n) is 13.0. The van der Waals surface area contributed by atoms with E-state index < -0.39 is 15.6 Å². The summed E-state index contributed by atoms with van der Waals surface area (Å²) in [6, 6.07) is 29.1. The van der Waals surface area contributed by atoms with Crippen LogP contribution in [-0.2, 0) is 27.6 Å².